The molecule has 122 valence electrons. The van der Waals surface area contributed by atoms with Crippen molar-refractivity contribution in [3.63, 3.8) is 0 Å². The Labute approximate surface area is 136 Å². The molecule has 0 aromatic carbocycles. The average Bonchev–Trinajstić information content (AvgIpc) is 2.70. The monoisotopic (exact) mass is 361 g/mol. The van der Waals surface area contributed by atoms with Crippen LogP contribution >= 0.6 is 15.9 Å². The third kappa shape index (κ3) is 6.46. The lowest BCUT2D eigenvalue weighted by Gasteiger charge is -2.19. The minimum Gasteiger partial charge on any atom is -0.382 e. The van der Waals surface area contributed by atoms with Crippen LogP contribution in [0.5, 0.6) is 0 Å². The number of nitrogens with zero attached hydrogens (tertiary/aromatic N) is 2. The van der Waals surface area contributed by atoms with Gasteiger partial charge in [-0.15, -0.1) is 0 Å². The molecule has 5 nitrogen and oxygen atoms in total. The molecule has 6 heteroatoms. The van der Waals surface area contributed by atoms with E-state index in [1.54, 1.807) is 7.11 Å². The Morgan fingerprint density at radius 1 is 1.33 bits per heavy atom. The zero-order chi connectivity index (χ0) is 15.7. The predicted octanol–water partition coefficient (Wildman–Crippen LogP) is 2.45. The minimum absolute atomic E-state index is 0.401. The number of hydrogen-bond acceptors (Lipinski definition) is 4. The first-order valence-corrected chi connectivity index (χ1v) is 8.37. The van der Waals surface area contributed by atoms with Crippen molar-refractivity contribution < 1.29 is 9.47 Å². The van der Waals surface area contributed by atoms with E-state index in [0.29, 0.717) is 19.3 Å². The summed E-state index contributed by atoms with van der Waals surface area (Å²) in [6.07, 6.45) is 3.07. The average molecular weight is 362 g/mol. The summed E-state index contributed by atoms with van der Waals surface area (Å²) in [5, 5.41) is 8.06. The van der Waals surface area contributed by atoms with Crippen LogP contribution in [0, 0.1) is 6.92 Å². The first-order valence-electron chi connectivity index (χ1n) is 7.58. The van der Waals surface area contributed by atoms with Crippen LogP contribution in [0.3, 0.4) is 0 Å². The van der Waals surface area contributed by atoms with Gasteiger partial charge < -0.3 is 14.8 Å². The topological polar surface area (TPSA) is 48.3 Å². The summed E-state index contributed by atoms with van der Waals surface area (Å²) in [6.45, 7) is 7.29. The molecule has 1 aromatic heterocycles. The molecule has 0 fully saturated rings. The van der Waals surface area contributed by atoms with Crippen LogP contribution in [0.15, 0.2) is 4.47 Å². The second-order valence-electron chi connectivity index (χ2n) is 5.22. The van der Waals surface area contributed by atoms with Crippen LogP contribution in [0.4, 0.5) is 0 Å². The molecule has 1 aromatic rings. The van der Waals surface area contributed by atoms with Gasteiger partial charge >= 0.3 is 0 Å². The Kier molecular flexibility index (Phi) is 9.15. The van der Waals surface area contributed by atoms with Crippen LogP contribution < -0.4 is 5.32 Å². The molecule has 0 saturated heterocycles. The molecule has 0 aliphatic carbocycles. The Bertz CT molecular complexity index is 410. The van der Waals surface area contributed by atoms with E-state index in [-0.39, 0.29) is 0 Å². The molecule has 1 N–H and O–H groups in total. The van der Waals surface area contributed by atoms with Crippen molar-refractivity contribution in [2.45, 2.75) is 39.2 Å². The summed E-state index contributed by atoms with van der Waals surface area (Å²) in [5.41, 5.74) is 2.27. The molecular formula is C15H28BrN3O2. The first kappa shape index (κ1) is 18.6. The van der Waals surface area contributed by atoms with E-state index in [9.17, 15) is 0 Å². The molecule has 0 radical (unpaired) electrons. The molecule has 1 heterocycles. The Hall–Kier alpha value is -0.430. The van der Waals surface area contributed by atoms with Crippen molar-refractivity contribution in [1.82, 2.24) is 15.1 Å². The van der Waals surface area contributed by atoms with Gasteiger partial charge in [0, 0.05) is 33.2 Å². The third-order valence-electron chi connectivity index (χ3n) is 3.43. The minimum atomic E-state index is 0.401. The molecular weight excluding hydrogens is 334 g/mol. The summed E-state index contributed by atoms with van der Waals surface area (Å²) in [7, 11) is 3.69. The lowest BCUT2D eigenvalue weighted by molar-refractivity contribution is 0.0657. The van der Waals surface area contributed by atoms with Crippen molar-refractivity contribution >= 4 is 15.9 Å². The Morgan fingerprint density at radius 3 is 2.67 bits per heavy atom. The van der Waals surface area contributed by atoms with Gasteiger partial charge in [0.1, 0.15) is 0 Å². The highest BCUT2D eigenvalue weighted by atomic mass is 79.9. The SMILES string of the molecule is CCCNC(CCOCCOC)Cc1c(Br)c(C)nn1C. The summed E-state index contributed by atoms with van der Waals surface area (Å²) in [4.78, 5) is 0. The van der Waals surface area contributed by atoms with Gasteiger partial charge in [-0.05, 0) is 42.2 Å². The van der Waals surface area contributed by atoms with E-state index in [1.807, 2.05) is 18.7 Å². The molecule has 0 bridgehead atoms. The summed E-state index contributed by atoms with van der Waals surface area (Å²) < 4.78 is 13.7. The highest BCUT2D eigenvalue weighted by molar-refractivity contribution is 9.10. The molecule has 0 amide bonds. The number of nitrogens with one attached hydrogen (secondary N) is 1. The standard InChI is InChI=1S/C15H28BrN3O2/c1-5-7-17-13(6-8-21-10-9-20-4)11-14-15(16)12(2)18-19(14)3/h13,17H,5-11H2,1-4H3. The molecule has 1 atom stereocenters. The van der Waals surface area contributed by atoms with Crippen molar-refractivity contribution in [1.29, 1.82) is 0 Å². The van der Waals surface area contributed by atoms with Crippen LogP contribution in [0.2, 0.25) is 0 Å². The highest BCUT2D eigenvalue weighted by Crippen LogP contribution is 2.22. The predicted molar refractivity (Wildman–Crippen MR) is 88.7 cm³/mol. The van der Waals surface area contributed by atoms with Crippen LogP contribution in [-0.2, 0) is 22.9 Å². The summed E-state index contributed by atoms with van der Waals surface area (Å²) in [6, 6.07) is 0.401. The molecule has 0 saturated carbocycles. The lowest BCUT2D eigenvalue weighted by Crippen LogP contribution is -2.33. The summed E-state index contributed by atoms with van der Waals surface area (Å²) >= 11 is 3.64. The van der Waals surface area contributed by atoms with E-state index in [0.717, 1.165) is 42.6 Å². The van der Waals surface area contributed by atoms with Gasteiger partial charge in [-0.2, -0.15) is 5.10 Å². The number of ether oxygens (including phenoxy) is 2. The molecule has 0 aliphatic heterocycles. The largest absolute Gasteiger partial charge is 0.382 e. The first-order chi connectivity index (χ1) is 10.1. The van der Waals surface area contributed by atoms with Crippen molar-refractivity contribution in [2.75, 3.05) is 33.5 Å². The molecule has 1 rings (SSSR count). The van der Waals surface area contributed by atoms with Crippen LogP contribution in [-0.4, -0.2) is 49.3 Å². The smallest absolute Gasteiger partial charge is 0.0738 e. The van der Waals surface area contributed by atoms with Gasteiger partial charge in [-0.1, -0.05) is 6.92 Å². The lowest BCUT2D eigenvalue weighted by atomic mass is 10.1. The fraction of sp³-hybridized carbons (Fsp3) is 0.800. The summed E-state index contributed by atoms with van der Waals surface area (Å²) in [5.74, 6) is 0. The maximum atomic E-state index is 5.59. The van der Waals surface area contributed by atoms with Gasteiger partial charge in [0.2, 0.25) is 0 Å². The Morgan fingerprint density at radius 2 is 2.10 bits per heavy atom. The second-order valence-corrected chi connectivity index (χ2v) is 6.01. The van der Waals surface area contributed by atoms with E-state index in [1.165, 1.54) is 5.69 Å². The maximum Gasteiger partial charge on any atom is 0.0738 e. The zero-order valence-corrected chi connectivity index (χ0v) is 15.2. The van der Waals surface area contributed by atoms with Gasteiger partial charge in [0.25, 0.3) is 0 Å². The van der Waals surface area contributed by atoms with Gasteiger partial charge in [0.15, 0.2) is 0 Å². The van der Waals surface area contributed by atoms with Gasteiger partial charge in [-0.25, -0.2) is 0 Å². The van der Waals surface area contributed by atoms with Crippen molar-refractivity contribution in [3.8, 4) is 0 Å². The van der Waals surface area contributed by atoms with E-state index in [4.69, 9.17) is 9.47 Å². The van der Waals surface area contributed by atoms with Crippen molar-refractivity contribution in [3.05, 3.63) is 15.9 Å². The molecule has 0 spiro atoms. The molecule has 0 aliphatic rings. The fourth-order valence-corrected chi connectivity index (χ4v) is 2.73. The number of aromatic nitrogens is 2. The second kappa shape index (κ2) is 10.3. The van der Waals surface area contributed by atoms with Gasteiger partial charge in [-0.3, -0.25) is 4.68 Å². The Balaban J connectivity index is 2.52. The molecule has 1 unspecified atom stereocenters. The van der Waals surface area contributed by atoms with Crippen LogP contribution in [0.1, 0.15) is 31.2 Å². The number of halogens is 1. The maximum absolute atomic E-state index is 5.59. The fourth-order valence-electron chi connectivity index (χ4n) is 2.23. The normalized spacial score (nSPS) is 12.8. The van der Waals surface area contributed by atoms with Gasteiger partial charge in [0.05, 0.1) is 29.1 Å². The quantitative estimate of drug-likeness (QED) is 0.615. The molecule has 21 heavy (non-hydrogen) atoms. The van der Waals surface area contributed by atoms with Crippen molar-refractivity contribution in [2.24, 2.45) is 7.05 Å². The number of hydrogen-bond donors (Lipinski definition) is 1. The van der Waals surface area contributed by atoms with E-state index < -0.39 is 0 Å². The van der Waals surface area contributed by atoms with E-state index in [2.05, 4.69) is 33.3 Å². The third-order valence-corrected chi connectivity index (χ3v) is 4.46. The number of rotatable bonds is 11. The van der Waals surface area contributed by atoms with Crippen LogP contribution in [0.25, 0.3) is 0 Å². The zero-order valence-electron chi connectivity index (χ0n) is 13.6. The highest BCUT2D eigenvalue weighted by Gasteiger charge is 2.16. The number of methoxy groups -OCH3 is 1. The van der Waals surface area contributed by atoms with E-state index >= 15 is 0 Å². The number of aryl methyl sites for hydroxylation is 2.